The molecule has 0 unspecified atom stereocenters. The van der Waals surface area contributed by atoms with Crippen LogP contribution < -0.4 is 11.5 Å². The van der Waals surface area contributed by atoms with Gasteiger partial charge in [0.1, 0.15) is 11.4 Å². The second-order valence-corrected chi connectivity index (χ2v) is 4.37. The Morgan fingerprint density at radius 1 is 1.07 bits per heavy atom. The fraction of sp³-hybridized carbons (Fsp3) is 0.400. The Morgan fingerprint density at radius 2 is 1.57 bits per heavy atom. The lowest BCUT2D eigenvalue weighted by molar-refractivity contribution is 0.451. The highest BCUT2D eigenvalue weighted by atomic mass is 16.3. The van der Waals surface area contributed by atoms with Gasteiger partial charge in [-0.3, -0.25) is 0 Å². The monoisotopic (exact) mass is 196 g/mol. The molecule has 0 saturated carbocycles. The predicted molar refractivity (Wildman–Crippen MR) is 57.3 cm³/mol. The van der Waals surface area contributed by atoms with E-state index >= 15 is 0 Å². The average molecular weight is 196 g/mol. The summed E-state index contributed by atoms with van der Waals surface area (Å²) in [4.78, 5) is 0. The first kappa shape index (κ1) is 10.5. The minimum absolute atomic E-state index is 0.0736. The third kappa shape index (κ3) is 1.55. The molecule has 0 heterocycles. The lowest BCUT2D eigenvalue weighted by Gasteiger charge is -2.22. The fourth-order valence-electron chi connectivity index (χ4n) is 1.31. The summed E-state index contributed by atoms with van der Waals surface area (Å²) in [6.45, 7) is 5.81. The minimum Gasteiger partial charge on any atom is -0.506 e. The van der Waals surface area contributed by atoms with E-state index in [-0.39, 0.29) is 28.3 Å². The van der Waals surface area contributed by atoms with Crippen molar-refractivity contribution in [2.24, 2.45) is 0 Å². The van der Waals surface area contributed by atoms with E-state index in [1.807, 2.05) is 20.8 Å². The molecule has 0 amide bonds. The zero-order valence-corrected chi connectivity index (χ0v) is 8.63. The summed E-state index contributed by atoms with van der Waals surface area (Å²) >= 11 is 0. The van der Waals surface area contributed by atoms with Gasteiger partial charge in [-0.15, -0.1) is 0 Å². The van der Waals surface area contributed by atoms with Crippen LogP contribution in [0.3, 0.4) is 0 Å². The third-order valence-corrected chi connectivity index (χ3v) is 2.17. The number of aromatic hydroxyl groups is 2. The zero-order valence-electron chi connectivity index (χ0n) is 8.63. The van der Waals surface area contributed by atoms with Crippen molar-refractivity contribution in [3.8, 4) is 11.5 Å². The lowest BCUT2D eigenvalue weighted by Crippen LogP contribution is -2.14. The van der Waals surface area contributed by atoms with E-state index in [0.717, 1.165) is 0 Å². The summed E-state index contributed by atoms with van der Waals surface area (Å²) in [6, 6.07) is 1.49. The molecule has 0 atom stereocenters. The number of nitrogen functional groups attached to an aromatic ring is 2. The van der Waals surface area contributed by atoms with Gasteiger partial charge in [0, 0.05) is 0 Å². The van der Waals surface area contributed by atoms with Crippen LogP contribution in [0.4, 0.5) is 11.4 Å². The molecular formula is C10H16N2O2. The molecule has 0 fully saturated rings. The van der Waals surface area contributed by atoms with E-state index in [9.17, 15) is 10.2 Å². The molecule has 0 aliphatic heterocycles. The van der Waals surface area contributed by atoms with Gasteiger partial charge in [0.15, 0.2) is 5.75 Å². The summed E-state index contributed by atoms with van der Waals surface area (Å²) in [7, 11) is 0. The second kappa shape index (κ2) is 2.97. The number of benzene rings is 1. The SMILES string of the molecule is CC(C)(C)c1cc(O)c(N)c(O)c1N. The van der Waals surface area contributed by atoms with Crippen molar-refractivity contribution in [3.63, 3.8) is 0 Å². The highest BCUT2D eigenvalue weighted by Crippen LogP contribution is 2.42. The molecule has 0 aliphatic rings. The standard InChI is InChI=1S/C10H16N2O2/c1-10(2,3)5-4-6(13)8(12)9(14)7(5)11/h4,13-14H,11-12H2,1-3H3. The molecule has 6 N–H and O–H groups in total. The molecule has 1 rings (SSSR count). The molecule has 1 aromatic rings. The van der Waals surface area contributed by atoms with E-state index in [4.69, 9.17) is 11.5 Å². The van der Waals surface area contributed by atoms with Crippen LogP contribution in [0.2, 0.25) is 0 Å². The van der Waals surface area contributed by atoms with Crippen LogP contribution in [0.1, 0.15) is 26.3 Å². The third-order valence-electron chi connectivity index (χ3n) is 2.17. The van der Waals surface area contributed by atoms with Crippen LogP contribution >= 0.6 is 0 Å². The number of phenolic OH excluding ortho intramolecular Hbond substituents is 2. The Kier molecular flexibility index (Phi) is 2.23. The normalized spacial score (nSPS) is 11.6. The van der Waals surface area contributed by atoms with Crippen molar-refractivity contribution in [2.75, 3.05) is 11.5 Å². The summed E-state index contributed by atoms with van der Waals surface area (Å²) in [5.41, 5.74) is 11.7. The molecule has 4 nitrogen and oxygen atoms in total. The van der Waals surface area contributed by atoms with Crippen molar-refractivity contribution in [3.05, 3.63) is 11.6 Å². The molecule has 4 heteroatoms. The van der Waals surface area contributed by atoms with Crippen molar-refractivity contribution in [1.29, 1.82) is 0 Å². The maximum absolute atomic E-state index is 9.52. The van der Waals surface area contributed by atoms with Gasteiger partial charge in [0.05, 0.1) is 5.69 Å². The van der Waals surface area contributed by atoms with Gasteiger partial charge in [0.2, 0.25) is 0 Å². The Bertz CT molecular complexity index is 367. The van der Waals surface area contributed by atoms with Crippen LogP contribution in [0.5, 0.6) is 11.5 Å². The van der Waals surface area contributed by atoms with Crippen molar-refractivity contribution >= 4 is 11.4 Å². The Labute approximate surface area is 83.2 Å². The van der Waals surface area contributed by atoms with Crippen LogP contribution in [0, 0.1) is 0 Å². The topological polar surface area (TPSA) is 92.5 Å². The largest absolute Gasteiger partial charge is 0.506 e. The van der Waals surface area contributed by atoms with Crippen LogP contribution in [-0.2, 0) is 5.41 Å². The first-order valence-electron chi connectivity index (χ1n) is 4.35. The Hall–Kier alpha value is -1.58. The van der Waals surface area contributed by atoms with Gasteiger partial charge in [-0.05, 0) is 17.0 Å². The second-order valence-electron chi connectivity index (χ2n) is 4.37. The molecule has 0 aliphatic carbocycles. The van der Waals surface area contributed by atoms with Gasteiger partial charge in [-0.25, -0.2) is 0 Å². The zero-order chi connectivity index (χ0) is 11.1. The predicted octanol–water partition coefficient (Wildman–Crippen LogP) is 1.56. The highest BCUT2D eigenvalue weighted by Gasteiger charge is 2.22. The molecule has 1 aromatic carbocycles. The van der Waals surface area contributed by atoms with Crippen LogP contribution in [0.15, 0.2) is 6.07 Å². The molecule has 0 saturated heterocycles. The van der Waals surface area contributed by atoms with E-state index in [0.29, 0.717) is 5.56 Å². The number of rotatable bonds is 0. The van der Waals surface area contributed by atoms with E-state index < -0.39 is 0 Å². The Morgan fingerprint density at radius 3 is 2.00 bits per heavy atom. The van der Waals surface area contributed by atoms with Gasteiger partial charge < -0.3 is 21.7 Å². The number of hydrogen-bond acceptors (Lipinski definition) is 4. The number of nitrogens with two attached hydrogens (primary N) is 2. The van der Waals surface area contributed by atoms with Crippen molar-refractivity contribution in [2.45, 2.75) is 26.2 Å². The molecule has 14 heavy (non-hydrogen) atoms. The highest BCUT2D eigenvalue weighted by molar-refractivity contribution is 5.76. The van der Waals surface area contributed by atoms with Gasteiger partial charge in [-0.2, -0.15) is 0 Å². The quantitative estimate of drug-likeness (QED) is 0.288. The van der Waals surface area contributed by atoms with E-state index in [1.165, 1.54) is 6.07 Å². The number of phenols is 2. The molecule has 78 valence electrons. The van der Waals surface area contributed by atoms with E-state index in [1.54, 1.807) is 0 Å². The van der Waals surface area contributed by atoms with Crippen LogP contribution in [-0.4, -0.2) is 10.2 Å². The number of anilines is 2. The first-order valence-corrected chi connectivity index (χ1v) is 4.35. The molecule has 0 radical (unpaired) electrons. The minimum atomic E-state index is -0.243. The van der Waals surface area contributed by atoms with Crippen molar-refractivity contribution in [1.82, 2.24) is 0 Å². The average Bonchev–Trinajstić information content (AvgIpc) is 2.06. The molecule has 0 spiro atoms. The van der Waals surface area contributed by atoms with Gasteiger partial charge in [0.25, 0.3) is 0 Å². The van der Waals surface area contributed by atoms with Crippen LogP contribution in [0.25, 0.3) is 0 Å². The fourth-order valence-corrected chi connectivity index (χ4v) is 1.31. The summed E-state index contributed by atoms with van der Waals surface area (Å²) in [6.07, 6.45) is 0. The summed E-state index contributed by atoms with van der Waals surface area (Å²) < 4.78 is 0. The maximum Gasteiger partial charge on any atom is 0.165 e. The summed E-state index contributed by atoms with van der Waals surface area (Å²) in [5.74, 6) is -0.378. The first-order chi connectivity index (χ1) is 6.25. The smallest absolute Gasteiger partial charge is 0.165 e. The van der Waals surface area contributed by atoms with Gasteiger partial charge >= 0.3 is 0 Å². The molecule has 0 aromatic heterocycles. The lowest BCUT2D eigenvalue weighted by atomic mass is 9.85. The van der Waals surface area contributed by atoms with Gasteiger partial charge in [-0.1, -0.05) is 20.8 Å². The summed E-state index contributed by atoms with van der Waals surface area (Å²) in [5, 5.41) is 18.9. The molecule has 0 bridgehead atoms. The van der Waals surface area contributed by atoms with Crippen molar-refractivity contribution < 1.29 is 10.2 Å². The number of hydrogen-bond donors (Lipinski definition) is 4. The maximum atomic E-state index is 9.52. The van der Waals surface area contributed by atoms with E-state index in [2.05, 4.69) is 0 Å². The molecular weight excluding hydrogens is 180 g/mol. The Balaban J connectivity index is 3.49.